The summed E-state index contributed by atoms with van der Waals surface area (Å²) in [5, 5.41) is 3.75. The lowest BCUT2D eigenvalue weighted by Gasteiger charge is -2.40. The number of aromatic nitrogens is 1. The zero-order valence-corrected chi connectivity index (χ0v) is 19.9. The van der Waals surface area contributed by atoms with Crippen molar-refractivity contribution in [1.29, 1.82) is 0 Å². The van der Waals surface area contributed by atoms with Crippen LogP contribution in [0.2, 0.25) is 0 Å². The van der Waals surface area contributed by atoms with Gasteiger partial charge in [0.25, 0.3) is 0 Å². The van der Waals surface area contributed by atoms with E-state index in [2.05, 4.69) is 60.0 Å². The maximum absolute atomic E-state index is 13.6. The lowest BCUT2D eigenvalue weighted by atomic mass is 9.73. The quantitative estimate of drug-likeness (QED) is 0.650. The van der Waals surface area contributed by atoms with E-state index in [0.29, 0.717) is 24.5 Å². The molecule has 2 atom stereocenters. The molecule has 1 saturated heterocycles. The molecule has 0 radical (unpaired) electrons. The maximum Gasteiger partial charge on any atom is 0.229 e. The van der Waals surface area contributed by atoms with Crippen molar-refractivity contribution >= 4 is 21.8 Å². The monoisotopic (exact) mass is 465 g/mol. The summed E-state index contributed by atoms with van der Waals surface area (Å²) < 4.78 is 6.44. The van der Waals surface area contributed by atoms with Gasteiger partial charge in [-0.1, -0.05) is 20.8 Å². The second-order valence-electron chi connectivity index (χ2n) is 9.30. The molecule has 162 valence electrons. The molecule has 0 bridgehead atoms. The third kappa shape index (κ3) is 5.59. The van der Waals surface area contributed by atoms with E-state index in [1.165, 1.54) is 5.56 Å². The van der Waals surface area contributed by atoms with E-state index in [1.807, 2.05) is 11.1 Å². The number of nitrogens with one attached hydrogen (secondary N) is 1. The Labute approximate surface area is 184 Å². The summed E-state index contributed by atoms with van der Waals surface area (Å²) in [6.45, 7) is 11.9. The molecule has 1 fully saturated rings. The lowest BCUT2D eigenvalue weighted by molar-refractivity contribution is -0.145. The van der Waals surface area contributed by atoms with Crippen LogP contribution in [0.1, 0.15) is 64.6 Å². The molecule has 29 heavy (non-hydrogen) atoms. The number of hydrogen-bond acceptors (Lipinski definition) is 4. The van der Waals surface area contributed by atoms with Crippen molar-refractivity contribution in [2.24, 2.45) is 11.3 Å². The molecular weight excluding hydrogens is 430 g/mol. The van der Waals surface area contributed by atoms with Crippen molar-refractivity contribution < 1.29 is 9.53 Å². The Bertz CT molecular complexity index is 705. The topological polar surface area (TPSA) is 54.5 Å². The molecule has 6 heteroatoms. The van der Waals surface area contributed by atoms with Gasteiger partial charge in [0.15, 0.2) is 0 Å². The Hall–Kier alpha value is -0.980. The lowest BCUT2D eigenvalue weighted by Crippen LogP contribution is -2.48. The molecule has 3 rings (SSSR count). The smallest absolute Gasteiger partial charge is 0.229 e. The molecule has 1 N–H and O–H groups in total. The molecule has 1 aromatic heterocycles. The number of amides is 1. The first-order valence-electron chi connectivity index (χ1n) is 11.1. The summed E-state index contributed by atoms with van der Waals surface area (Å²) in [4.78, 5) is 20.2. The standard InChI is InChI=1S/C23H36BrN3O2/c1-16(2)23(4,9-5-17(3)26-20-7-11-29-12-8-20)22(28)27-10-6-21-18(15-27)13-19(24)14-25-21/h13-14,16-17,20,26H,5-12,15H2,1-4H3/t17?,23-/m1/s1. The van der Waals surface area contributed by atoms with Crippen molar-refractivity contribution in [3.05, 3.63) is 28.0 Å². The molecule has 0 saturated carbocycles. The predicted octanol–water partition coefficient (Wildman–Crippen LogP) is 4.33. The largest absolute Gasteiger partial charge is 0.381 e. The second-order valence-corrected chi connectivity index (χ2v) is 10.2. The summed E-state index contributed by atoms with van der Waals surface area (Å²) in [5.41, 5.74) is 1.94. The Morgan fingerprint density at radius 1 is 1.38 bits per heavy atom. The Morgan fingerprint density at radius 2 is 2.10 bits per heavy atom. The Kier molecular flexibility index (Phi) is 7.74. The van der Waals surface area contributed by atoms with Crippen LogP contribution in [0.25, 0.3) is 0 Å². The van der Waals surface area contributed by atoms with E-state index in [0.717, 1.165) is 62.0 Å². The van der Waals surface area contributed by atoms with Gasteiger partial charge in [0.05, 0.1) is 0 Å². The minimum Gasteiger partial charge on any atom is -0.381 e. The van der Waals surface area contributed by atoms with Crippen LogP contribution in [0.15, 0.2) is 16.7 Å². The minimum absolute atomic E-state index is 0.288. The molecule has 1 aromatic rings. The fraction of sp³-hybridized carbons (Fsp3) is 0.739. The molecule has 2 aliphatic heterocycles. The molecule has 1 amide bonds. The highest BCUT2D eigenvalue weighted by Gasteiger charge is 2.40. The fourth-order valence-electron chi connectivity index (χ4n) is 4.44. The van der Waals surface area contributed by atoms with Gasteiger partial charge in [-0.25, -0.2) is 0 Å². The highest BCUT2D eigenvalue weighted by molar-refractivity contribution is 9.10. The fourth-order valence-corrected chi connectivity index (χ4v) is 4.82. The molecule has 0 spiro atoms. The number of carbonyl (C=O) groups is 1. The number of carbonyl (C=O) groups excluding carboxylic acids is 1. The first-order valence-corrected chi connectivity index (χ1v) is 11.9. The molecule has 5 nitrogen and oxygen atoms in total. The molecule has 1 unspecified atom stereocenters. The number of pyridine rings is 1. The number of hydrogen-bond donors (Lipinski definition) is 1. The minimum atomic E-state index is -0.345. The van der Waals surface area contributed by atoms with Gasteiger partial charge in [0.1, 0.15) is 0 Å². The van der Waals surface area contributed by atoms with Gasteiger partial charge >= 0.3 is 0 Å². The number of rotatable bonds is 7. The van der Waals surface area contributed by atoms with Gasteiger partial charge in [-0.3, -0.25) is 9.78 Å². The van der Waals surface area contributed by atoms with Crippen molar-refractivity contribution in [3.8, 4) is 0 Å². The normalized spacial score (nSPS) is 21.0. The molecule has 2 aliphatic rings. The number of nitrogens with zero attached hydrogens (tertiary/aromatic N) is 2. The van der Waals surface area contributed by atoms with Crippen molar-refractivity contribution in [2.45, 2.75) is 78.4 Å². The predicted molar refractivity (Wildman–Crippen MR) is 120 cm³/mol. The zero-order valence-electron chi connectivity index (χ0n) is 18.3. The highest BCUT2D eigenvalue weighted by atomic mass is 79.9. The Balaban J connectivity index is 1.62. The van der Waals surface area contributed by atoms with E-state index in [1.54, 1.807) is 0 Å². The van der Waals surface area contributed by atoms with Crippen LogP contribution >= 0.6 is 15.9 Å². The number of ether oxygens (including phenoxy) is 1. The highest BCUT2D eigenvalue weighted by Crippen LogP contribution is 2.36. The van der Waals surface area contributed by atoms with E-state index < -0.39 is 0 Å². The molecule has 3 heterocycles. The average molecular weight is 466 g/mol. The van der Waals surface area contributed by atoms with Gasteiger partial charge in [0, 0.05) is 66.6 Å². The van der Waals surface area contributed by atoms with Gasteiger partial charge in [0.2, 0.25) is 5.91 Å². The third-order valence-electron chi connectivity index (χ3n) is 6.89. The zero-order chi connectivity index (χ0) is 21.0. The SMILES string of the molecule is CC(CC[C@@](C)(C(=O)N1CCc2ncc(Br)cc2C1)C(C)C)NC1CCOCC1. The number of halogens is 1. The van der Waals surface area contributed by atoms with Gasteiger partial charge in [-0.05, 0) is 66.1 Å². The van der Waals surface area contributed by atoms with E-state index >= 15 is 0 Å². The van der Waals surface area contributed by atoms with E-state index in [4.69, 9.17) is 4.74 Å². The Morgan fingerprint density at radius 3 is 2.79 bits per heavy atom. The first kappa shape index (κ1) is 22.7. The van der Waals surface area contributed by atoms with Crippen LogP contribution < -0.4 is 5.32 Å². The van der Waals surface area contributed by atoms with E-state index in [9.17, 15) is 4.79 Å². The summed E-state index contributed by atoms with van der Waals surface area (Å²) in [7, 11) is 0. The third-order valence-corrected chi connectivity index (χ3v) is 7.33. The van der Waals surface area contributed by atoms with Gasteiger partial charge in [-0.15, -0.1) is 0 Å². The van der Waals surface area contributed by atoms with Crippen LogP contribution in [-0.4, -0.2) is 47.6 Å². The first-order chi connectivity index (χ1) is 13.8. The van der Waals surface area contributed by atoms with Crippen molar-refractivity contribution in [1.82, 2.24) is 15.2 Å². The average Bonchev–Trinajstić information content (AvgIpc) is 2.71. The number of fused-ring (bicyclic) bond motifs is 1. The summed E-state index contributed by atoms with van der Waals surface area (Å²) in [5.74, 6) is 0.587. The van der Waals surface area contributed by atoms with Gasteiger partial charge in [-0.2, -0.15) is 0 Å². The van der Waals surface area contributed by atoms with Crippen molar-refractivity contribution in [2.75, 3.05) is 19.8 Å². The second kappa shape index (κ2) is 9.88. The van der Waals surface area contributed by atoms with Gasteiger partial charge < -0.3 is 15.0 Å². The maximum atomic E-state index is 13.6. The van der Waals surface area contributed by atoms with Crippen LogP contribution in [0.5, 0.6) is 0 Å². The molecule has 0 aromatic carbocycles. The van der Waals surface area contributed by atoms with Crippen LogP contribution in [-0.2, 0) is 22.5 Å². The summed E-state index contributed by atoms with van der Waals surface area (Å²) >= 11 is 3.51. The van der Waals surface area contributed by atoms with E-state index in [-0.39, 0.29) is 11.3 Å². The van der Waals surface area contributed by atoms with Crippen LogP contribution in [0, 0.1) is 11.3 Å². The summed E-state index contributed by atoms with van der Waals surface area (Å²) in [6.07, 6.45) is 6.77. The molecular formula is C23H36BrN3O2. The molecule has 0 aliphatic carbocycles. The van der Waals surface area contributed by atoms with Crippen molar-refractivity contribution in [3.63, 3.8) is 0 Å². The van der Waals surface area contributed by atoms with Crippen LogP contribution in [0.4, 0.5) is 0 Å². The van der Waals surface area contributed by atoms with Crippen LogP contribution in [0.3, 0.4) is 0 Å². The summed E-state index contributed by atoms with van der Waals surface area (Å²) in [6, 6.07) is 3.06.